The second kappa shape index (κ2) is 7.48. The molecule has 0 radical (unpaired) electrons. The van der Waals surface area contributed by atoms with Gasteiger partial charge in [0.1, 0.15) is 5.82 Å². The van der Waals surface area contributed by atoms with E-state index in [1.165, 1.54) is 35.7 Å². The summed E-state index contributed by atoms with van der Waals surface area (Å²) < 4.78 is 21.1. The zero-order valence-electron chi connectivity index (χ0n) is 14.9. The number of carbonyl (C=O) groups is 1. The van der Waals surface area contributed by atoms with E-state index < -0.39 is 12.0 Å². The normalized spacial score (nSPS) is 15.3. The smallest absolute Gasteiger partial charge is 0.247 e. The Hall–Kier alpha value is -2.52. The third-order valence-electron chi connectivity index (χ3n) is 4.24. The van der Waals surface area contributed by atoms with Crippen LogP contribution in [-0.4, -0.2) is 27.3 Å². The van der Waals surface area contributed by atoms with E-state index in [1.54, 1.807) is 6.07 Å². The van der Waals surface area contributed by atoms with Crippen LogP contribution in [0.2, 0.25) is 0 Å². The van der Waals surface area contributed by atoms with Crippen molar-refractivity contribution in [2.75, 3.05) is 11.2 Å². The highest BCUT2D eigenvalue weighted by Crippen LogP contribution is 2.43. The number of thioether (sulfide) groups is 1. The third-order valence-corrected chi connectivity index (χ3v) is 5.31. The fourth-order valence-electron chi connectivity index (χ4n) is 3.01. The molecule has 9 heteroatoms. The Balaban J connectivity index is 1.98. The molecule has 6 nitrogen and oxygen atoms in total. The van der Waals surface area contributed by atoms with Crippen LogP contribution in [0.3, 0.4) is 0 Å². The molecule has 0 saturated heterocycles. The van der Waals surface area contributed by atoms with Gasteiger partial charge in [-0.15, -0.1) is 10.2 Å². The minimum absolute atomic E-state index is 0.197. The maximum Gasteiger partial charge on any atom is 0.247 e. The van der Waals surface area contributed by atoms with Gasteiger partial charge >= 0.3 is 0 Å². The second-order valence-electron chi connectivity index (χ2n) is 6.02. The second-order valence-corrected chi connectivity index (χ2v) is 7.71. The van der Waals surface area contributed by atoms with E-state index in [1.807, 2.05) is 30.5 Å². The lowest BCUT2D eigenvalue weighted by atomic mass is 10.1. The summed E-state index contributed by atoms with van der Waals surface area (Å²) in [5.41, 5.74) is 1.91. The van der Waals surface area contributed by atoms with Gasteiger partial charge in [0.25, 0.3) is 0 Å². The SMILES string of the molecule is CSc1nnc2c(n1)OC(c1ccc(Br)cc1)N(C(C)=O)c1ccc(F)cc1-2. The van der Waals surface area contributed by atoms with Crippen LogP contribution in [0.5, 0.6) is 5.88 Å². The lowest BCUT2D eigenvalue weighted by Gasteiger charge is -2.29. The fraction of sp³-hybridized carbons (Fsp3) is 0.158. The van der Waals surface area contributed by atoms with Gasteiger partial charge in [-0.05, 0) is 36.6 Å². The maximum atomic E-state index is 14.0. The maximum absolute atomic E-state index is 14.0. The Kier molecular flexibility index (Phi) is 5.03. The van der Waals surface area contributed by atoms with Gasteiger partial charge in [0.05, 0.1) is 5.69 Å². The van der Waals surface area contributed by atoms with Gasteiger partial charge in [0.2, 0.25) is 23.2 Å². The van der Waals surface area contributed by atoms with E-state index in [0.717, 1.165) is 10.0 Å². The summed E-state index contributed by atoms with van der Waals surface area (Å²) in [6.07, 6.45) is 1.03. The van der Waals surface area contributed by atoms with Crippen LogP contribution < -0.4 is 9.64 Å². The summed E-state index contributed by atoms with van der Waals surface area (Å²) in [5.74, 6) is -0.513. The predicted octanol–water partition coefficient (Wildman–Crippen LogP) is 4.61. The molecule has 3 aromatic rings. The molecule has 0 fully saturated rings. The molecule has 0 spiro atoms. The molecule has 1 aliphatic rings. The highest BCUT2D eigenvalue weighted by atomic mass is 79.9. The van der Waals surface area contributed by atoms with E-state index in [2.05, 4.69) is 31.1 Å². The van der Waals surface area contributed by atoms with Gasteiger partial charge < -0.3 is 4.74 Å². The first kappa shape index (κ1) is 18.8. The highest BCUT2D eigenvalue weighted by Gasteiger charge is 2.34. The van der Waals surface area contributed by atoms with Gasteiger partial charge in [-0.1, -0.05) is 39.8 Å². The number of halogens is 2. The fourth-order valence-corrected chi connectivity index (χ4v) is 3.57. The summed E-state index contributed by atoms with van der Waals surface area (Å²) in [4.78, 5) is 18.5. The number of hydrogen-bond acceptors (Lipinski definition) is 6. The molecule has 2 heterocycles. The monoisotopic (exact) mass is 460 g/mol. The average molecular weight is 461 g/mol. The Morgan fingerprint density at radius 1 is 1.21 bits per heavy atom. The molecule has 28 heavy (non-hydrogen) atoms. The zero-order chi connectivity index (χ0) is 19.8. The van der Waals surface area contributed by atoms with Crippen molar-refractivity contribution in [2.45, 2.75) is 18.3 Å². The number of anilines is 1. The molecule has 142 valence electrons. The molecular formula is C19H14BrFN4O2S. The van der Waals surface area contributed by atoms with E-state index in [-0.39, 0.29) is 17.5 Å². The van der Waals surface area contributed by atoms with E-state index in [4.69, 9.17) is 4.74 Å². The molecule has 0 N–H and O–H groups in total. The van der Waals surface area contributed by atoms with Gasteiger partial charge in [-0.3, -0.25) is 9.69 Å². The molecular weight excluding hydrogens is 447 g/mol. The number of nitrogens with zero attached hydrogens (tertiary/aromatic N) is 4. The van der Waals surface area contributed by atoms with Crippen molar-refractivity contribution in [3.63, 3.8) is 0 Å². The summed E-state index contributed by atoms with van der Waals surface area (Å²) in [6, 6.07) is 11.6. The van der Waals surface area contributed by atoms with Crippen LogP contribution in [0.1, 0.15) is 18.7 Å². The summed E-state index contributed by atoms with van der Waals surface area (Å²) >= 11 is 4.72. The molecule has 0 aliphatic carbocycles. The number of ether oxygens (including phenoxy) is 1. The average Bonchev–Trinajstić information content (AvgIpc) is 2.82. The van der Waals surface area contributed by atoms with E-state index in [9.17, 15) is 9.18 Å². The van der Waals surface area contributed by atoms with Crippen molar-refractivity contribution in [2.24, 2.45) is 0 Å². The first-order valence-corrected chi connectivity index (χ1v) is 10.3. The predicted molar refractivity (Wildman–Crippen MR) is 108 cm³/mol. The first-order valence-electron chi connectivity index (χ1n) is 8.28. The summed E-state index contributed by atoms with van der Waals surface area (Å²) in [7, 11) is 0. The van der Waals surface area contributed by atoms with Gasteiger partial charge in [-0.2, -0.15) is 4.98 Å². The summed E-state index contributed by atoms with van der Waals surface area (Å²) in [6.45, 7) is 1.44. The summed E-state index contributed by atoms with van der Waals surface area (Å²) in [5, 5.41) is 8.67. The van der Waals surface area contributed by atoms with Crippen LogP contribution in [0.4, 0.5) is 10.1 Å². The number of rotatable bonds is 2. The minimum atomic E-state index is -0.789. The van der Waals surface area contributed by atoms with Crippen LogP contribution >= 0.6 is 27.7 Å². The van der Waals surface area contributed by atoms with Crippen LogP contribution in [0, 0.1) is 5.82 Å². The third kappa shape index (κ3) is 3.35. The van der Waals surface area contributed by atoms with Crippen molar-refractivity contribution in [3.8, 4) is 17.1 Å². The Morgan fingerprint density at radius 3 is 2.64 bits per heavy atom. The molecule has 0 saturated carbocycles. The molecule has 1 aliphatic heterocycles. The molecule has 1 atom stereocenters. The van der Waals surface area contributed by atoms with Crippen molar-refractivity contribution >= 4 is 39.3 Å². The molecule has 1 amide bonds. The van der Waals surface area contributed by atoms with Crippen LogP contribution in [0.25, 0.3) is 11.3 Å². The molecule has 2 aromatic carbocycles. The van der Waals surface area contributed by atoms with Gasteiger partial charge in [-0.25, -0.2) is 4.39 Å². The Labute approximate surface area is 173 Å². The Bertz CT molecular complexity index is 1060. The van der Waals surface area contributed by atoms with Crippen molar-refractivity contribution in [3.05, 3.63) is 58.3 Å². The van der Waals surface area contributed by atoms with Crippen molar-refractivity contribution in [1.82, 2.24) is 15.2 Å². The minimum Gasteiger partial charge on any atom is -0.447 e. The lowest BCUT2D eigenvalue weighted by molar-refractivity contribution is -0.118. The highest BCUT2D eigenvalue weighted by molar-refractivity contribution is 9.10. The van der Waals surface area contributed by atoms with Crippen molar-refractivity contribution < 1.29 is 13.9 Å². The van der Waals surface area contributed by atoms with Crippen LogP contribution in [0.15, 0.2) is 52.1 Å². The largest absolute Gasteiger partial charge is 0.447 e. The molecule has 1 unspecified atom stereocenters. The molecule has 4 rings (SSSR count). The Morgan fingerprint density at radius 2 is 1.96 bits per heavy atom. The number of amides is 1. The number of hydrogen-bond donors (Lipinski definition) is 0. The standard InChI is InChI=1S/C19H14BrFN4O2S/c1-10(26)25-15-8-7-13(21)9-14(15)16-17(22-19(28-2)24-23-16)27-18(25)11-3-5-12(20)6-4-11/h3-9,18H,1-2H3. The van der Waals surface area contributed by atoms with E-state index >= 15 is 0 Å². The topological polar surface area (TPSA) is 68.2 Å². The zero-order valence-corrected chi connectivity index (χ0v) is 17.3. The first-order chi connectivity index (χ1) is 13.5. The van der Waals surface area contributed by atoms with Crippen LogP contribution in [-0.2, 0) is 4.79 Å². The molecule has 0 bridgehead atoms. The van der Waals surface area contributed by atoms with Crippen molar-refractivity contribution in [1.29, 1.82) is 0 Å². The van der Waals surface area contributed by atoms with Gasteiger partial charge in [0, 0.05) is 22.5 Å². The van der Waals surface area contributed by atoms with Gasteiger partial charge in [0.15, 0.2) is 5.69 Å². The molecule has 1 aromatic heterocycles. The quantitative estimate of drug-likeness (QED) is 0.520. The number of benzene rings is 2. The number of carbonyl (C=O) groups excluding carboxylic acids is 1. The van der Waals surface area contributed by atoms with E-state index in [0.29, 0.717) is 16.4 Å². The lowest BCUT2D eigenvalue weighted by Crippen LogP contribution is -2.36. The number of aromatic nitrogens is 3. The number of fused-ring (bicyclic) bond motifs is 3.